The molecule has 6 heteroatoms. The number of benzene rings is 1. The lowest BCUT2D eigenvalue weighted by Crippen LogP contribution is -2.44. The summed E-state index contributed by atoms with van der Waals surface area (Å²) in [5.74, 6) is -1.54. The van der Waals surface area contributed by atoms with E-state index in [1.54, 1.807) is 0 Å². The molecule has 0 aromatic heterocycles. The zero-order valence-electron chi connectivity index (χ0n) is 11.9. The number of halogens is 2. The van der Waals surface area contributed by atoms with E-state index in [2.05, 4.69) is 5.32 Å². The first kappa shape index (κ1) is 15.4. The van der Waals surface area contributed by atoms with Crippen LogP contribution >= 0.6 is 0 Å². The highest BCUT2D eigenvalue weighted by Gasteiger charge is 2.29. The summed E-state index contributed by atoms with van der Waals surface area (Å²) in [6.07, 6.45) is 1.45. The molecule has 1 unspecified atom stereocenters. The number of hydrogen-bond acceptors (Lipinski definition) is 2. The van der Waals surface area contributed by atoms with E-state index in [4.69, 9.17) is 0 Å². The summed E-state index contributed by atoms with van der Waals surface area (Å²) in [4.78, 5) is 25.4. The zero-order chi connectivity index (χ0) is 15.4. The minimum absolute atomic E-state index is 0.0302. The Morgan fingerprint density at radius 3 is 2.81 bits per heavy atom. The van der Waals surface area contributed by atoms with Crippen molar-refractivity contribution in [1.29, 1.82) is 0 Å². The van der Waals surface area contributed by atoms with Crippen LogP contribution in [0.5, 0.6) is 0 Å². The van der Waals surface area contributed by atoms with Crippen LogP contribution in [0.1, 0.15) is 31.7 Å². The Morgan fingerprint density at radius 1 is 1.33 bits per heavy atom. The van der Waals surface area contributed by atoms with E-state index >= 15 is 0 Å². The maximum atomic E-state index is 13.7. The Bertz CT molecular complexity index is 548. The summed E-state index contributed by atoms with van der Waals surface area (Å²) in [5.41, 5.74) is 0.118. The first-order valence-corrected chi connectivity index (χ1v) is 7.03. The summed E-state index contributed by atoms with van der Waals surface area (Å²) in [6, 6.07) is 2.58. The zero-order valence-corrected chi connectivity index (χ0v) is 11.9. The Hall–Kier alpha value is -1.98. The Kier molecular flexibility index (Phi) is 4.88. The van der Waals surface area contributed by atoms with Crippen LogP contribution in [0.3, 0.4) is 0 Å². The summed E-state index contributed by atoms with van der Waals surface area (Å²) < 4.78 is 26.9. The maximum Gasteiger partial charge on any atom is 0.245 e. The number of rotatable bonds is 4. The molecule has 1 aliphatic rings. The molecule has 114 valence electrons. The molecule has 0 spiro atoms. The number of carbonyl (C=O) groups is 2. The lowest BCUT2D eigenvalue weighted by Gasteiger charge is -2.24. The normalized spacial score (nSPS) is 19.4. The van der Waals surface area contributed by atoms with Crippen LogP contribution in [0, 0.1) is 11.6 Å². The molecule has 0 radical (unpaired) electrons. The standard InChI is InChI=1S/C15H18F2N2O2/c1-2-3-13-15(21)19(7-6-14(20)18-13)9-10-8-11(16)4-5-12(10)17/h4-5,8,13H,2-3,6-7,9H2,1H3,(H,18,20). The number of nitrogens with zero attached hydrogens (tertiary/aromatic N) is 1. The van der Waals surface area contributed by atoms with Gasteiger partial charge in [-0.05, 0) is 24.6 Å². The fourth-order valence-electron chi connectivity index (χ4n) is 2.41. The molecular formula is C15H18F2N2O2. The molecule has 1 aromatic carbocycles. The summed E-state index contributed by atoms with van der Waals surface area (Å²) in [6.45, 7) is 2.10. The molecule has 0 bridgehead atoms. The topological polar surface area (TPSA) is 49.4 Å². The third-order valence-electron chi connectivity index (χ3n) is 3.50. The van der Waals surface area contributed by atoms with Gasteiger partial charge < -0.3 is 10.2 Å². The number of nitrogens with one attached hydrogen (secondary N) is 1. The van der Waals surface area contributed by atoms with Crippen LogP contribution < -0.4 is 5.32 Å². The van der Waals surface area contributed by atoms with Gasteiger partial charge in [0.25, 0.3) is 0 Å². The Labute approximate surface area is 122 Å². The van der Waals surface area contributed by atoms with Crippen molar-refractivity contribution >= 4 is 11.8 Å². The van der Waals surface area contributed by atoms with Crippen molar-refractivity contribution in [2.75, 3.05) is 6.54 Å². The highest BCUT2D eigenvalue weighted by Crippen LogP contribution is 2.16. The molecule has 2 amide bonds. The minimum Gasteiger partial charge on any atom is -0.344 e. The van der Waals surface area contributed by atoms with Gasteiger partial charge in [-0.3, -0.25) is 9.59 Å². The quantitative estimate of drug-likeness (QED) is 0.923. The van der Waals surface area contributed by atoms with Gasteiger partial charge in [0, 0.05) is 25.1 Å². The van der Waals surface area contributed by atoms with Crippen molar-refractivity contribution in [3.05, 3.63) is 35.4 Å². The van der Waals surface area contributed by atoms with Crippen LogP contribution in [-0.4, -0.2) is 29.3 Å². The molecule has 0 saturated carbocycles. The molecule has 2 rings (SSSR count). The molecule has 21 heavy (non-hydrogen) atoms. The fourth-order valence-corrected chi connectivity index (χ4v) is 2.41. The number of carbonyl (C=O) groups excluding carboxylic acids is 2. The minimum atomic E-state index is -0.582. The molecular weight excluding hydrogens is 278 g/mol. The lowest BCUT2D eigenvalue weighted by molar-refractivity contribution is -0.134. The average Bonchev–Trinajstić information content (AvgIpc) is 2.57. The molecule has 1 aliphatic heterocycles. The summed E-state index contributed by atoms with van der Waals surface area (Å²) in [7, 11) is 0. The SMILES string of the molecule is CCCC1NC(=O)CCN(Cc2cc(F)ccc2F)C1=O. The van der Waals surface area contributed by atoms with Crippen molar-refractivity contribution in [2.24, 2.45) is 0 Å². The molecule has 1 aromatic rings. The molecule has 0 aliphatic carbocycles. The van der Waals surface area contributed by atoms with E-state index in [1.807, 2.05) is 6.92 Å². The van der Waals surface area contributed by atoms with Gasteiger partial charge in [0.05, 0.1) is 0 Å². The third kappa shape index (κ3) is 3.77. The predicted molar refractivity (Wildman–Crippen MR) is 73.2 cm³/mol. The smallest absolute Gasteiger partial charge is 0.245 e. The second-order valence-electron chi connectivity index (χ2n) is 5.15. The van der Waals surface area contributed by atoms with Gasteiger partial charge in [-0.15, -0.1) is 0 Å². The van der Waals surface area contributed by atoms with E-state index in [9.17, 15) is 18.4 Å². The van der Waals surface area contributed by atoms with Crippen LogP contribution in [0.25, 0.3) is 0 Å². The predicted octanol–water partition coefficient (Wildman–Crippen LogP) is 1.98. The molecule has 1 heterocycles. The van der Waals surface area contributed by atoms with Crippen molar-refractivity contribution < 1.29 is 18.4 Å². The number of amides is 2. The maximum absolute atomic E-state index is 13.7. The van der Waals surface area contributed by atoms with E-state index < -0.39 is 17.7 Å². The van der Waals surface area contributed by atoms with E-state index in [1.165, 1.54) is 4.90 Å². The molecule has 1 atom stereocenters. The Morgan fingerprint density at radius 2 is 2.10 bits per heavy atom. The van der Waals surface area contributed by atoms with E-state index in [0.717, 1.165) is 24.6 Å². The van der Waals surface area contributed by atoms with Crippen LogP contribution in [-0.2, 0) is 16.1 Å². The molecule has 1 N–H and O–H groups in total. The van der Waals surface area contributed by atoms with Gasteiger partial charge in [-0.25, -0.2) is 8.78 Å². The monoisotopic (exact) mass is 296 g/mol. The van der Waals surface area contributed by atoms with Crippen LogP contribution in [0.15, 0.2) is 18.2 Å². The first-order valence-electron chi connectivity index (χ1n) is 7.03. The van der Waals surface area contributed by atoms with Gasteiger partial charge in [-0.1, -0.05) is 13.3 Å². The summed E-state index contributed by atoms with van der Waals surface area (Å²) in [5, 5.41) is 2.67. The van der Waals surface area contributed by atoms with Crippen molar-refractivity contribution in [1.82, 2.24) is 10.2 Å². The van der Waals surface area contributed by atoms with Gasteiger partial charge in [-0.2, -0.15) is 0 Å². The second-order valence-corrected chi connectivity index (χ2v) is 5.15. The second kappa shape index (κ2) is 6.65. The highest BCUT2D eigenvalue weighted by molar-refractivity contribution is 5.89. The fraction of sp³-hybridized carbons (Fsp3) is 0.467. The van der Waals surface area contributed by atoms with Gasteiger partial charge in [0.1, 0.15) is 17.7 Å². The van der Waals surface area contributed by atoms with Crippen molar-refractivity contribution in [3.8, 4) is 0 Å². The largest absolute Gasteiger partial charge is 0.344 e. The molecule has 1 fully saturated rings. The van der Waals surface area contributed by atoms with Crippen molar-refractivity contribution in [3.63, 3.8) is 0 Å². The van der Waals surface area contributed by atoms with Crippen LogP contribution in [0.4, 0.5) is 8.78 Å². The van der Waals surface area contributed by atoms with E-state index in [0.29, 0.717) is 6.42 Å². The lowest BCUT2D eigenvalue weighted by atomic mass is 10.1. The van der Waals surface area contributed by atoms with Gasteiger partial charge in [0.15, 0.2) is 0 Å². The van der Waals surface area contributed by atoms with Crippen molar-refractivity contribution in [2.45, 2.75) is 38.8 Å². The van der Waals surface area contributed by atoms with E-state index in [-0.39, 0.29) is 36.9 Å². The van der Waals surface area contributed by atoms with Gasteiger partial charge in [0.2, 0.25) is 11.8 Å². The summed E-state index contributed by atoms with van der Waals surface area (Å²) >= 11 is 0. The first-order chi connectivity index (χ1) is 10.0. The third-order valence-corrected chi connectivity index (χ3v) is 3.50. The van der Waals surface area contributed by atoms with Gasteiger partial charge >= 0.3 is 0 Å². The average molecular weight is 296 g/mol. The molecule has 1 saturated heterocycles. The molecule has 4 nitrogen and oxygen atoms in total. The Balaban J connectivity index is 2.18. The number of hydrogen-bond donors (Lipinski definition) is 1. The van der Waals surface area contributed by atoms with Crippen LogP contribution in [0.2, 0.25) is 0 Å². The highest BCUT2D eigenvalue weighted by atomic mass is 19.1.